The highest BCUT2D eigenvalue weighted by atomic mass is 32.2. The van der Waals surface area contributed by atoms with E-state index in [4.69, 9.17) is 4.74 Å². The number of ether oxygens (including phenoxy) is 1. The zero-order chi connectivity index (χ0) is 20.9. The number of hydrogen-bond donors (Lipinski definition) is 1. The van der Waals surface area contributed by atoms with E-state index in [1.54, 1.807) is 30.3 Å². The summed E-state index contributed by atoms with van der Waals surface area (Å²) in [5.41, 5.74) is 0.401. The highest BCUT2D eigenvalue weighted by molar-refractivity contribution is 7.92. The summed E-state index contributed by atoms with van der Waals surface area (Å²) in [7, 11) is -3.89. The number of benzene rings is 2. The number of anilines is 1. The van der Waals surface area contributed by atoms with E-state index in [9.17, 15) is 17.6 Å². The van der Waals surface area contributed by atoms with Crippen molar-refractivity contribution in [1.29, 1.82) is 0 Å². The predicted molar refractivity (Wildman–Crippen MR) is 107 cm³/mol. The lowest BCUT2D eigenvalue weighted by Gasteiger charge is -2.05. The van der Waals surface area contributed by atoms with E-state index in [1.807, 2.05) is 6.92 Å². The van der Waals surface area contributed by atoms with Crippen LogP contribution < -0.4 is 10.1 Å². The highest BCUT2D eigenvalue weighted by Gasteiger charge is 2.23. The average molecular weight is 436 g/mol. The van der Waals surface area contributed by atoms with Gasteiger partial charge in [0, 0.05) is 11.1 Å². The van der Waals surface area contributed by atoms with Crippen molar-refractivity contribution in [2.75, 3.05) is 11.9 Å². The Bertz CT molecular complexity index is 1100. The fraction of sp³-hybridized carbons (Fsp3) is 0.211. The fourth-order valence-electron chi connectivity index (χ4n) is 2.36. The number of amides is 1. The number of nitrogens with zero attached hydrogens (tertiary/aromatic N) is 2. The molecule has 0 unspecified atom stereocenters. The minimum Gasteiger partial charge on any atom is -0.494 e. The monoisotopic (exact) mass is 435 g/mol. The Morgan fingerprint density at radius 1 is 1.14 bits per heavy atom. The first-order chi connectivity index (χ1) is 13.9. The van der Waals surface area contributed by atoms with E-state index < -0.39 is 27.3 Å². The zero-order valence-corrected chi connectivity index (χ0v) is 17.1. The van der Waals surface area contributed by atoms with E-state index in [0.717, 1.165) is 6.42 Å². The van der Waals surface area contributed by atoms with E-state index in [-0.39, 0.29) is 15.0 Å². The summed E-state index contributed by atoms with van der Waals surface area (Å²) >= 11 is 0.713. The second-order valence-corrected chi connectivity index (χ2v) is 9.19. The average Bonchev–Trinajstić information content (AvgIpc) is 3.18. The van der Waals surface area contributed by atoms with Crippen molar-refractivity contribution in [1.82, 2.24) is 10.2 Å². The van der Waals surface area contributed by atoms with Gasteiger partial charge in [-0.2, -0.15) is 0 Å². The van der Waals surface area contributed by atoms with Gasteiger partial charge in [0.2, 0.25) is 19.3 Å². The topological polar surface area (TPSA) is 98.2 Å². The highest BCUT2D eigenvalue weighted by Crippen LogP contribution is 2.25. The molecule has 7 nitrogen and oxygen atoms in total. The molecule has 152 valence electrons. The maximum atomic E-state index is 13.7. The molecule has 1 heterocycles. The van der Waals surface area contributed by atoms with Gasteiger partial charge in [0.1, 0.15) is 11.6 Å². The number of rotatable bonds is 8. The van der Waals surface area contributed by atoms with Gasteiger partial charge in [-0.1, -0.05) is 36.5 Å². The number of hydrogen-bond acceptors (Lipinski definition) is 7. The van der Waals surface area contributed by atoms with Crippen LogP contribution >= 0.6 is 11.3 Å². The largest absolute Gasteiger partial charge is 0.494 e. The third kappa shape index (κ3) is 5.36. The lowest BCUT2D eigenvalue weighted by molar-refractivity contribution is 0.102. The molecule has 2 aromatic carbocycles. The quantitative estimate of drug-likeness (QED) is 0.542. The number of carbonyl (C=O) groups is 1. The third-order valence-electron chi connectivity index (χ3n) is 3.79. The molecule has 0 aliphatic heterocycles. The van der Waals surface area contributed by atoms with Gasteiger partial charge in [0.05, 0.1) is 12.4 Å². The van der Waals surface area contributed by atoms with E-state index in [2.05, 4.69) is 15.5 Å². The standard InChI is InChI=1S/C19H18FN3O4S2/c1-2-11-27-15-9-7-13(8-10-15)17(24)21-18-22-23-19(28-18)29(25,26)12-14-5-3-4-6-16(14)20/h3-10H,2,11-12H2,1H3,(H,21,22,24). The number of sulfone groups is 1. The van der Waals surface area contributed by atoms with Crippen LogP contribution in [-0.4, -0.2) is 31.1 Å². The summed E-state index contributed by atoms with van der Waals surface area (Å²) in [4.78, 5) is 12.3. The number of nitrogens with one attached hydrogen (secondary N) is 1. The number of halogens is 1. The molecule has 29 heavy (non-hydrogen) atoms. The van der Waals surface area contributed by atoms with Crippen LogP contribution in [0.15, 0.2) is 52.9 Å². The van der Waals surface area contributed by atoms with Crippen molar-refractivity contribution >= 4 is 32.2 Å². The van der Waals surface area contributed by atoms with Gasteiger partial charge in [0.25, 0.3) is 5.91 Å². The molecule has 1 amide bonds. The number of carbonyl (C=O) groups excluding carboxylic acids is 1. The van der Waals surface area contributed by atoms with Crippen LogP contribution in [0, 0.1) is 5.82 Å². The van der Waals surface area contributed by atoms with Gasteiger partial charge < -0.3 is 4.74 Å². The van der Waals surface area contributed by atoms with Gasteiger partial charge >= 0.3 is 0 Å². The van der Waals surface area contributed by atoms with Crippen molar-refractivity contribution in [2.24, 2.45) is 0 Å². The summed E-state index contributed by atoms with van der Waals surface area (Å²) in [6, 6.07) is 12.2. The summed E-state index contributed by atoms with van der Waals surface area (Å²) in [5.74, 6) is -0.954. The first kappa shape index (κ1) is 20.9. The molecule has 0 aliphatic rings. The van der Waals surface area contributed by atoms with E-state index in [1.165, 1.54) is 18.2 Å². The first-order valence-corrected chi connectivity index (χ1v) is 11.2. The molecule has 1 N–H and O–H groups in total. The van der Waals surface area contributed by atoms with Gasteiger partial charge in [-0.05, 0) is 36.8 Å². The molecular formula is C19H18FN3O4S2. The van der Waals surface area contributed by atoms with Crippen molar-refractivity contribution in [3.63, 3.8) is 0 Å². The van der Waals surface area contributed by atoms with Crippen molar-refractivity contribution in [3.8, 4) is 5.75 Å². The summed E-state index contributed by atoms with van der Waals surface area (Å²) in [5, 5.41) is 9.89. The van der Waals surface area contributed by atoms with Crippen molar-refractivity contribution in [2.45, 2.75) is 23.4 Å². The second-order valence-electron chi connectivity index (χ2n) is 6.05. The summed E-state index contributed by atoms with van der Waals surface area (Å²) in [6.45, 7) is 2.58. The van der Waals surface area contributed by atoms with Crippen LogP contribution in [0.5, 0.6) is 5.75 Å². The van der Waals surface area contributed by atoms with Crippen molar-refractivity contribution < 1.29 is 22.3 Å². The lowest BCUT2D eigenvalue weighted by atomic mass is 10.2. The zero-order valence-electron chi connectivity index (χ0n) is 15.5. The Labute approximate surface area is 171 Å². The molecule has 10 heteroatoms. The first-order valence-electron chi connectivity index (χ1n) is 8.73. The molecule has 3 aromatic rings. The SMILES string of the molecule is CCCOc1ccc(C(=O)Nc2nnc(S(=O)(=O)Cc3ccccc3F)s2)cc1. The Balaban J connectivity index is 1.68. The van der Waals surface area contributed by atoms with Crippen LogP contribution in [0.2, 0.25) is 0 Å². The molecule has 0 bridgehead atoms. The normalized spacial score (nSPS) is 11.2. The van der Waals surface area contributed by atoms with Gasteiger partial charge in [-0.15, -0.1) is 10.2 Å². The van der Waals surface area contributed by atoms with Crippen molar-refractivity contribution in [3.05, 3.63) is 65.5 Å². The van der Waals surface area contributed by atoms with Gasteiger partial charge in [-0.3, -0.25) is 10.1 Å². The Morgan fingerprint density at radius 2 is 1.86 bits per heavy atom. The molecule has 3 rings (SSSR count). The third-order valence-corrected chi connectivity index (χ3v) is 6.74. The minimum atomic E-state index is -3.89. The molecule has 0 saturated heterocycles. The van der Waals surface area contributed by atoms with E-state index in [0.29, 0.717) is 29.3 Å². The molecule has 0 radical (unpaired) electrons. The van der Waals surface area contributed by atoms with Gasteiger partial charge in [0.15, 0.2) is 0 Å². The molecule has 0 fully saturated rings. The molecule has 0 aliphatic carbocycles. The fourth-order valence-corrected chi connectivity index (χ4v) is 4.69. The van der Waals surface area contributed by atoms with Crippen LogP contribution in [-0.2, 0) is 15.6 Å². The number of aromatic nitrogens is 2. The lowest BCUT2D eigenvalue weighted by Crippen LogP contribution is -2.11. The summed E-state index contributed by atoms with van der Waals surface area (Å²) in [6.07, 6.45) is 0.876. The maximum absolute atomic E-state index is 13.7. The Kier molecular flexibility index (Phi) is 6.55. The minimum absolute atomic E-state index is 0.0356. The van der Waals surface area contributed by atoms with Crippen LogP contribution in [0.25, 0.3) is 0 Å². The van der Waals surface area contributed by atoms with E-state index >= 15 is 0 Å². The predicted octanol–water partition coefficient (Wildman–Crippen LogP) is 3.69. The molecule has 0 atom stereocenters. The van der Waals surface area contributed by atoms with Crippen LogP contribution in [0.3, 0.4) is 0 Å². The second kappa shape index (κ2) is 9.10. The smallest absolute Gasteiger partial charge is 0.257 e. The van der Waals surface area contributed by atoms with Crippen LogP contribution in [0.1, 0.15) is 29.3 Å². The molecular weight excluding hydrogens is 417 g/mol. The maximum Gasteiger partial charge on any atom is 0.257 e. The molecule has 1 aromatic heterocycles. The Morgan fingerprint density at radius 3 is 2.55 bits per heavy atom. The Hall–Kier alpha value is -2.85. The summed E-state index contributed by atoms with van der Waals surface area (Å²) < 4.78 is 43.8. The van der Waals surface area contributed by atoms with Crippen LogP contribution in [0.4, 0.5) is 9.52 Å². The molecule has 0 saturated carbocycles. The van der Waals surface area contributed by atoms with Gasteiger partial charge in [-0.25, -0.2) is 12.8 Å². The molecule has 0 spiro atoms.